The van der Waals surface area contributed by atoms with Crippen LogP contribution < -0.4 is 0 Å². The van der Waals surface area contributed by atoms with Crippen molar-refractivity contribution < 1.29 is 0 Å². The second-order valence-electron chi connectivity index (χ2n) is 14.7. The maximum atomic E-state index is 5.36. The molecule has 0 amide bonds. The lowest BCUT2D eigenvalue weighted by atomic mass is 9.64. The molecule has 1 spiro atoms. The first-order valence-corrected chi connectivity index (χ1v) is 19.1. The molecule has 0 N–H and O–H groups in total. The Morgan fingerprint density at radius 1 is 0.375 bits per heavy atom. The van der Waals surface area contributed by atoms with Gasteiger partial charge in [-0.1, -0.05) is 182 Å². The Balaban J connectivity index is 1.17. The van der Waals surface area contributed by atoms with Gasteiger partial charge in [-0.3, -0.25) is 0 Å². The van der Waals surface area contributed by atoms with Gasteiger partial charge in [0.05, 0.1) is 22.1 Å². The molecule has 10 aromatic rings. The van der Waals surface area contributed by atoms with Crippen molar-refractivity contribution in [1.29, 1.82) is 0 Å². The third kappa shape index (κ3) is 4.10. The molecule has 2 aliphatic rings. The molecule has 0 fully saturated rings. The molecule has 0 radical (unpaired) electrons. The van der Waals surface area contributed by atoms with Crippen molar-refractivity contribution in [1.82, 2.24) is 19.7 Å². The Bertz CT molecular complexity index is 3200. The first-order valence-electron chi connectivity index (χ1n) is 19.1. The van der Waals surface area contributed by atoms with Crippen molar-refractivity contribution in [2.24, 2.45) is 0 Å². The lowest BCUT2D eigenvalue weighted by Crippen LogP contribution is -2.34. The van der Waals surface area contributed by atoms with Crippen LogP contribution in [0.25, 0.3) is 83.6 Å². The van der Waals surface area contributed by atoms with Crippen molar-refractivity contribution in [2.75, 3.05) is 0 Å². The van der Waals surface area contributed by atoms with Crippen LogP contribution in [0.4, 0.5) is 0 Å². The van der Waals surface area contributed by atoms with E-state index in [2.05, 4.69) is 162 Å². The molecule has 1 aliphatic carbocycles. The lowest BCUT2D eigenvalue weighted by Gasteiger charge is -2.40. The molecule has 0 saturated heterocycles. The number of aromatic nitrogens is 4. The molecule has 0 bridgehead atoms. The second-order valence-corrected chi connectivity index (χ2v) is 14.7. The SMILES string of the molecule is c1ccc(-c2nnc(-c3ccccc3-c3cccc4c3C3(c5ccccc5-4)c4ccccc4-n4c5ccccc5c5cccc3c54)nc2-c2ccccc2)cc1. The van der Waals surface area contributed by atoms with Gasteiger partial charge in [0.1, 0.15) is 11.4 Å². The van der Waals surface area contributed by atoms with Crippen LogP contribution in [-0.2, 0) is 5.41 Å². The summed E-state index contributed by atoms with van der Waals surface area (Å²) < 4.78 is 2.50. The summed E-state index contributed by atoms with van der Waals surface area (Å²) in [6.45, 7) is 0. The highest BCUT2D eigenvalue weighted by molar-refractivity contribution is 6.13. The fourth-order valence-corrected chi connectivity index (χ4v) is 9.79. The number of hydrogen-bond donors (Lipinski definition) is 0. The van der Waals surface area contributed by atoms with Crippen LogP contribution in [0.3, 0.4) is 0 Å². The summed E-state index contributed by atoms with van der Waals surface area (Å²) in [6.07, 6.45) is 0. The van der Waals surface area contributed by atoms with Gasteiger partial charge < -0.3 is 4.57 Å². The number of para-hydroxylation sites is 3. The summed E-state index contributed by atoms with van der Waals surface area (Å²) in [5.41, 5.74) is 17.4. The fraction of sp³-hybridized carbons (Fsp3) is 0.0192. The van der Waals surface area contributed by atoms with Gasteiger partial charge in [-0.25, -0.2) is 4.98 Å². The van der Waals surface area contributed by atoms with Gasteiger partial charge >= 0.3 is 0 Å². The van der Waals surface area contributed by atoms with E-state index < -0.39 is 5.41 Å². The summed E-state index contributed by atoms with van der Waals surface area (Å²) in [5, 5.41) is 12.3. The summed E-state index contributed by atoms with van der Waals surface area (Å²) >= 11 is 0. The minimum absolute atomic E-state index is 0.590. The van der Waals surface area contributed by atoms with Gasteiger partial charge in [0, 0.05) is 27.5 Å². The molecule has 1 aliphatic heterocycles. The summed E-state index contributed by atoms with van der Waals surface area (Å²) in [5.74, 6) is 0.590. The summed E-state index contributed by atoms with van der Waals surface area (Å²) in [4.78, 5) is 5.36. The number of rotatable bonds is 4. The van der Waals surface area contributed by atoms with E-state index in [-0.39, 0.29) is 0 Å². The minimum atomic E-state index is -0.596. The average molecular weight is 713 g/mol. The van der Waals surface area contributed by atoms with Crippen LogP contribution >= 0.6 is 0 Å². The molecule has 4 heteroatoms. The molecule has 2 aromatic heterocycles. The maximum absolute atomic E-state index is 5.36. The van der Waals surface area contributed by atoms with E-state index in [0.717, 1.165) is 39.2 Å². The van der Waals surface area contributed by atoms with E-state index in [1.165, 1.54) is 60.9 Å². The molecular formula is C52H32N4. The first kappa shape index (κ1) is 31.0. The molecule has 8 aromatic carbocycles. The zero-order chi connectivity index (χ0) is 36.8. The Morgan fingerprint density at radius 2 is 0.929 bits per heavy atom. The van der Waals surface area contributed by atoms with E-state index in [0.29, 0.717) is 5.82 Å². The molecule has 260 valence electrons. The second kappa shape index (κ2) is 11.8. The van der Waals surface area contributed by atoms with E-state index in [4.69, 9.17) is 15.2 Å². The molecule has 3 heterocycles. The third-order valence-corrected chi connectivity index (χ3v) is 11.9. The normalized spacial score (nSPS) is 14.9. The maximum Gasteiger partial charge on any atom is 0.182 e. The van der Waals surface area contributed by atoms with Crippen molar-refractivity contribution in [2.45, 2.75) is 5.41 Å². The third-order valence-electron chi connectivity index (χ3n) is 11.9. The van der Waals surface area contributed by atoms with Gasteiger partial charge in [0.15, 0.2) is 5.82 Å². The highest BCUT2D eigenvalue weighted by atomic mass is 15.2. The molecular weight excluding hydrogens is 681 g/mol. The van der Waals surface area contributed by atoms with Gasteiger partial charge in [0.2, 0.25) is 0 Å². The largest absolute Gasteiger partial charge is 0.309 e. The first-order chi connectivity index (χ1) is 27.8. The number of benzene rings is 8. The van der Waals surface area contributed by atoms with E-state index in [9.17, 15) is 0 Å². The molecule has 1 unspecified atom stereocenters. The van der Waals surface area contributed by atoms with Crippen LogP contribution in [0, 0.1) is 0 Å². The van der Waals surface area contributed by atoms with Gasteiger partial charge in [-0.05, 0) is 56.6 Å². The molecule has 12 rings (SSSR count). The van der Waals surface area contributed by atoms with Crippen LogP contribution in [0.2, 0.25) is 0 Å². The Morgan fingerprint density at radius 3 is 1.73 bits per heavy atom. The van der Waals surface area contributed by atoms with E-state index in [1.807, 2.05) is 36.4 Å². The summed E-state index contributed by atoms with van der Waals surface area (Å²) in [7, 11) is 0. The minimum Gasteiger partial charge on any atom is -0.309 e. The topological polar surface area (TPSA) is 43.6 Å². The predicted octanol–water partition coefficient (Wildman–Crippen LogP) is 12.3. The number of nitrogens with zero attached hydrogens (tertiary/aromatic N) is 4. The highest BCUT2D eigenvalue weighted by Crippen LogP contribution is 2.63. The van der Waals surface area contributed by atoms with Crippen molar-refractivity contribution in [3.63, 3.8) is 0 Å². The van der Waals surface area contributed by atoms with Gasteiger partial charge in [0.25, 0.3) is 0 Å². The van der Waals surface area contributed by atoms with Crippen molar-refractivity contribution >= 4 is 21.8 Å². The van der Waals surface area contributed by atoms with Crippen molar-refractivity contribution in [3.05, 3.63) is 216 Å². The molecule has 4 nitrogen and oxygen atoms in total. The standard InChI is InChI=1S/C52H32N4/c1-3-17-33(18-4-1)48-49(34-19-5-2-6-20-34)54-55-51(53-48)41-24-8-7-21-35(41)38-25-15-26-39-36-22-9-11-28-42(36)52(47(38)39)43-29-12-14-32-46(43)56-45-31-13-10-23-37(45)40-27-16-30-44(52)50(40)56/h1-32H. The summed E-state index contributed by atoms with van der Waals surface area (Å²) in [6, 6.07) is 69.7. The number of fused-ring (bicyclic) bond motifs is 12. The molecule has 1 atom stereocenters. The smallest absolute Gasteiger partial charge is 0.182 e. The monoisotopic (exact) mass is 712 g/mol. The molecule has 56 heavy (non-hydrogen) atoms. The van der Waals surface area contributed by atoms with Crippen LogP contribution in [0.15, 0.2) is 194 Å². The van der Waals surface area contributed by atoms with Gasteiger partial charge in [-0.15, -0.1) is 10.2 Å². The van der Waals surface area contributed by atoms with E-state index in [1.54, 1.807) is 0 Å². The quantitative estimate of drug-likeness (QED) is 0.182. The molecule has 0 saturated carbocycles. The zero-order valence-corrected chi connectivity index (χ0v) is 30.3. The fourth-order valence-electron chi connectivity index (χ4n) is 9.79. The number of hydrogen-bond acceptors (Lipinski definition) is 3. The Hall–Kier alpha value is -7.43. The predicted molar refractivity (Wildman–Crippen MR) is 227 cm³/mol. The van der Waals surface area contributed by atoms with Crippen LogP contribution in [0.5, 0.6) is 0 Å². The lowest BCUT2D eigenvalue weighted by molar-refractivity contribution is 0.750. The van der Waals surface area contributed by atoms with E-state index >= 15 is 0 Å². The van der Waals surface area contributed by atoms with Crippen LogP contribution in [0.1, 0.15) is 22.3 Å². The van der Waals surface area contributed by atoms with Gasteiger partial charge in [-0.2, -0.15) is 0 Å². The van der Waals surface area contributed by atoms with Crippen LogP contribution in [-0.4, -0.2) is 19.7 Å². The highest BCUT2D eigenvalue weighted by Gasteiger charge is 2.52. The van der Waals surface area contributed by atoms with Crippen molar-refractivity contribution in [3.8, 4) is 61.8 Å². The average Bonchev–Trinajstić information content (AvgIpc) is 3.78. The Labute approximate surface area is 324 Å². The zero-order valence-electron chi connectivity index (χ0n) is 30.3. The Kier molecular flexibility index (Phi) is 6.52.